The molecule has 0 atom stereocenters. The standard InChI is InChI=1S/C15H15FN2O2/c1-20-9-11-4-2-3-5-14(11)18-15(19)10-6-7-12(16)13(17)8-10/h2-8H,9,17H2,1H3,(H,18,19). The Labute approximate surface area is 116 Å². The van der Waals surface area contributed by atoms with E-state index in [-0.39, 0.29) is 11.6 Å². The minimum absolute atomic E-state index is 0.0529. The van der Waals surface area contributed by atoms with Crippen molar-refractivity contribution in [1.29, 1.82) is 0 Å². The number of carbonyl (C=O) groups is 1. The lowest BCUT2D eigenvalue weighted by Gasteiger charge is -2.10. The van der Waals surface area contributed by atoms with Crippen molar-refractivity contribution in [3.05, 3.63) is 59.4 Å². The molecule has 5 heteroatoms. The fourth-order valence-electron chi connectivity index (χ4n) is 1.80. The molecule has 1 amide bonds. The lowest BCUT2D eigenvalue weighted by atomic mass is 10.1. The zero-order chi connectivity index (χ0) is 14.5. The van der Waals surface area contributed by atoms with Crippen molar-refractivity contribution in [3.63, 3.8) is 0 Å². The van der Waals surface area contributed by atoms with E-state index in [1.165, 1.54) is 18.2 Å². The number of anilines is 2. The summed E-state index contributed by atoms with van der Waals surface area (Å²) < 4.78 is 18.2. The Morgan fingerprint density at radius 2 is 2.05 bits per heavy atom. The average Bonchev–Trinajstić information content (AvgIpc) is 2.44. The van der Waals surface area contributed by atoms with Crippen molar-refractivity contribution in [2.24, 2.45) is 0 Å². The highest BCUT2D eigenvalue weighted by Gasteiger charge is 2.10. The van der Waals surface area contributed by atoms with Crippen LogP contribution in [0, 0.1) is 5.82 Å². The summed E-state index contributed by atoms with van der Waals surface area (Å²) in [7, 11) is 1.58. The summed E-state index contributed by atoms with van der Waals surface area (Å²) in [6.45, 7) is 0.391. The van der Waals surface area contributed by atoms with Crippen molar-refractivity contribution in [3.8, 4) is 0 Å². The van der Waals surface area contributed by atoms with Gasteiger partial charge in [-0.25, -0.2) is 4.39 Å². The molecular weight excluding hydrogens is 259 g/mol. The zero-order valence-electron chi connectivity index (χ0n) is 11.0. The van der Waals surface area contributed by atoms with E-state index in [4.69, 9.17) is 10.5 Å². The Hall–Kier alpha value is -2.40. The molecular formula is C15H15FN2O2. The number of amides is 1. The van der Waals surface area contributed by atoms with Crippen LogP contribution in [0.5, 0.6) is 0 Å². The molecule has 2 aromatic rings. The summed E-state index contributed by atoms with van der Waals surface area (Å²) in [6.07, 6.45) is 0. The molecule has 0 unspecified atom stereocenters. The molecule has 0 saturated heterocycles. The number of rotatable bonds is 4. The highest BCUT2D eigenvalue weighted by Crippen LogP contribution is 2.18. The van der Waals surface area contributed by atoms with Crippen LogP contribution in [0.25, 0.3) is 0 Å². The maximum absolute atomic E-state index is 13.1. The van der Waals surface area contributed by atoms with Crippen LogP contribution in [0.15, 0.2) is 42.5 Å². The summed E-state index contributed by atoms with van der Waals surface area (Å²) in [6, 6.07) is 11.2. The van der Waals surface area contributed by atoms with E-state index in [0.717, 1.165) is 5.56 Å². The first-order chi connectivity index (χ1) is 9.61. The van der Waals surface area contributed by atoms with E-state index in [1.54, 1.807) is 13.2 Å². The Kier molecular flexibility index (Phi) is 4.32. The fourth-order valence-corrected chi connectivity index (χ4v) is 1.80. The Bertz CT molecular complexity index is 629. The van der Waals surface area contributed by atoms with Gasteiger partial charge in [-0.15, -0.1) is 0 Å². The van der Waals surface area contributed by atoms with Crippen LogP contribution in [-0.4, -0.2) is 13.0 Å². The van der Waals surface area contributed by atoms with Crippen LogP contribution in [0.3, 0.4) is 0 Å². The third kappa shape index (κ3) is 3.13. The summed E-state index contributed by atoms with van der Waals surface area (Å²) in [4.78, 5) is 12.1. The largest absolute Gasteiger partial charge is 0.396 e. The Balaban J connectivity index is 2.21. The molecule has 2 rings (SSSR count). The normalized spacial score (nSPS) is 10.3. The lowest BCUT2D eigenvalue weighted by molar-refractivity contribution is 0.102. The Morgan fingerprint density at radius 1 is 1.30 bits per heavy atom. The number of nitrogens with two attached hydrogens (primary N) is 1. The maximum atomic E-state index is 13.1. The van der Waals surface area contributed by atoms with E-state index in [0.29, 0.717) is 17.9 Å². The van der Waals surface area contributed by atoms with E-state index in [1.807, 2.05) is 18.2 Å². The highest BCUT2D eigenvalue weighted by molar-refractivity contribution is 6.05. The van der Waals surface area contributed by atoms with E-state index >= 15 is 0 Å². The predicted molar refractivity (Wildman–Crippen MR) is 75.9 cm³/mol. The molecule has 3 N–H and O–H groups in total. The number of halogens is 1. The van der Waals surface area contributed by atoms with Crippen molar-refractivity contribution in [2.45, 2.75) is 6.61 Å². The molecule has 0 spiro atoms. The average molecular weight is 274 g/mol. The third-order valence-electron chi connectivity index (χ3n) is 2.82. The van der Waals surface area contributed by atoms with Crippen LogP contribution < -0.4 is 11.1 Å². The molecule has 104 valence electrons. The molecule has 4 nitrogen and oxygen atoms in total. The quantitative estimate of drug-likeness (QED) is 0.843. The van der Waals surface area contributed by atoms with Gasteiger partial charge in [0.25, 0.3) is 5.91 Å². The van der Waals surface area contributed by atoms with Crippen LogP contribution in [-0.2, 0) is 11.3 Å². The van der Waals surface area contributed by atoms with E-state index in [2.05, 4.69) is 5.32 Å². The summed E-state index contributed by atoms with van der Waals surface area (Å²) in [5.74, 6) is -0.887. The Morgan fingerprint density at radius 3 is 2.75 bits per heavy atom. The first-order valence-corrected chi connectivity index (χ1v) is 6.05. The van der Waals surface area contributed by atoms with Gasteiger partial charge >= 0.3 is 0 Å². The van der Waals surface area contributed by atoms with Gasteiger partial charge in [-0.2, -0.15) is 0 Å². The second-order valence-corrected chi connectivity index (χ2v) is 4.28. The molecule has 0 aliphatic rings. The van der Waals surface area contributed by atoms with E-state index in [9.17, 15) is 9.18 Å². The second kappa shape index (κ2) is 6.16. The number of nitrogens with one attached hydrogen (secondary N) is 1. The highest BCUT2D eigenvalue weighted by atomic mass is 19.1. The van der Waals surface area contributed by atoms with Gasteiger partial charge < -0.3 is 15.8 Å². The van der Waals surface area contributed by atoms with Crippen molar-refractivity contribution >= 4 is 17.3 Å². The molecule has 0 fully saturated rings. The number of methoxy groups -OCH3 is 1. The number of para-hydroxylation sites is 1. The van der Waals surface area contributed by atoms with Gasteiger partial charge in [0.05, 0.1) is 12.3 Å². The number of carbonyl (C=O) groups excluding carboxylic acids is 1. The number of ether oxygens (including phenoxy) is 1. The van der Waals surface area contributed by atoms with Crippen LogP contribution in [0.2, 0.25) is 0 Å². The zero-order valence-corrected chi connectivity index (χ0v) is 11.0. The van der Waals surface area contributed by atoms with Gasteiger partial charge in [0.1, 0.15) is 5.82 Å². The minimum atomic E-state index is -0.540. The summed E-state index contributed by atoms with van der Waals surface area (Å²) in [5, 5.41) is 2.76. The van der Waals surface area contributed by atoms with Gasteiger partial charge in [0.2, 0.25) is 0 Å². The van der Waals surface area contributed by atoms with Crippen molar-refractivity contribution < 1.29 is 13.9 Å². The fraction of sp³-hybridized carbons (Fsp3) is 0.133. The van der Waals surface area contributed by atoms with Gasteiger partial charge in [-0.1, -0.05) is 18.2 Å². The molecule has 0 radical (unpaired) electrons. The lowest BCUT2D eigenvalue weighted by Crippen LogP contribution is -2.14. The molecule has 2 aromatic carbocycles. The number of benzene rings is 2. The monoisotopic (exact) mass is 274 g/mol. The number of hydrogen-bond acceptors (Lipinski definition) is 3. The topological polar surface area (TPSA) is 64.3 Å². The molecule has 0 aromatic heterocycles. The first kappa shape index (κ1) is 14.0. The molecule has 0 bridgehead atoms. The first-order valence-electron chi connectivity index (χ1n) is 6.05. The molecule has 20 heavy (non-hydrogen) atoms. The molecule has 0 heterocycles. The number of hydrogen-bond donors (Lipinski definition) is 2. The van der Waals surface area contributed by atoms with Gasteiger partial charge in [-0.05, 0) is 24.3 Å². The van der Waals surface area contributed by atoms with E-state index < -0.39 is 5.82 Å². The number of nitrogen functional groups attached to an aromatic ring is 1. The molecule has 0 aliphatic heterocycles. The van der Waals surface area contributed by atoms with Crippen molar-refractivity contribution in [1.82, 2.24) is 0 Å². The third-order valence-corrected chi connectivity index (χ3v) is 2.82. The van der Waals surface area contributed by atoms with Crippen LogP contribution in [0.4, 0.5) is 15.8 Å². The predicted octanol–water partition coefficient (Wildman–Crippen LogP) is 2.81. The minimum Gasteiger partial charge on any atom is -0.396 e. The molecule has 0 aliphatic carbocycles. The SMILES string of the molecule is COCc1ccccc1NC(=O)c1ccc(F)c(N)c1. The smallest absolute Gasteiger partial charge is 0.255 e. The van der Waals surface area contributed by atoms with Crippen LogP contribution >= 0.6 is 0 Å². The van der Waals surface area contributed by atoms with Gasteiger partial charge in [0.15, 0.2) is 0 Å². The van der Waals surface area contributed by atoms with Gasteiger partial charge in [-0.3, -0.25) is 4.79 Å². The summed E-state index contributed by atoms with van der Waals surface area (Å²) in [5.41, 5.74) is 7.22. The molecule has 0 saturated carbocycles. The van der Waals surface area contributed by atoms with Gasteiger partial charge in [0, 0.05) is 23.9 Å². The maximum Gasteiger partial charge on any atom is 0.255 e. The summed E-state index contributed by atoms with van der Waals surface area (Å²) >= 11 is 0. The van der Waals surface area contributed by atoms with Crippen molar-refractivity contribution in [2.75, 3.05) is 18.2 Å². The second-order valence-electron chi connectivity index (χ2n) is 4.28. The van der Waals surface area contributed by atoms with Crippen LogP contribution in [0.1, 0.15) is 15.9 Å².